The monoisotopic (exact) mass is 645 g/mol. The number of fused-ring (bicyclic) bond motifs is 2. The molecule has 1 N–H and O–H groups in total. The van der Waals surface area contributed by atoms with E-state index >= 15 is 0 Å². The van der Waals surface area contributed by atoms with Crippen molar-refractivity contribution >= 4 is 6.09 Å². The first-order valence-corrected chi connectivity index (χ1v) is 17.0. The summed E-state index contributed by atoms with van der Waals surface area (Å²) in [5, 5.41) is 3.44. The number of aromatic nitrogens is 1. The quantitative estimate of drug-likeness (QED) is 0.131. The fourth-order valence-corrected chi connectivity index (χ4v) is 6.76. The number of amides is 1. The normalized spacial score (nSPS) is 14.0. The Morgan fingerprint density at radius 2 is 1.75 bits per heavy atom. The van der Waals surface area contributed by atoms with Crippen molar-refractivity contribution in [2.45, 2.75) is 65.1 Å². The number of hydrogen-bond acceptors (Lipinski definition) is 6. The molecule has 1 amide bonds. The maximum atomic E-state index is 12.8. The summed E-state index contributed by atoms with van der Waals surface area (Å²) >= 11 is 0. The molecular formula is C41H47N3O4. The number of nitrogens with zero attached hydrogens (tertiary/aromatic N) is 2. The lowest BCUT2D eigenvalue weighted by Crippen LogP contribution is -2.39. The Hall–Kier alpha value is -4.46. The molecule has 0 spiro atoms. The Morgan fingerprint density at radius 3 is 2.56 bits per heavy atom. The Bertz CT molecular complexity index is 1790. The minimum atomic E-state index is -0.519. The van der Waals surface area contributed by atoms with E-state index in [0.29, 0.717) is 26.3 Å². The summed E-state index contributed by atoms with van der Waals surface area (Å²) in [4.78, 5) is 20.2. The van der Waals surface area contributed by atoms with Crippen LogP contribution in [0.1, 0.15) is 55.0 Å². The number of hydrogen-bond donors (Lipinski definition) is 1. The molecule has 0 fully saturated rings. The fraction of sp³-hybridized carbons (Fsp3) is 0.366. The minimum Gasteiger partial charge on any atom is -0.491 e. The number of nitrogens with one attached hydrogen (secondary N) is 1. The van der Waals surface area contributed by atoms with Crippen molar-refractivity contribution in [3.05, 3.63) is 107 Å². The van der Waals surface area contributed by atoms with Gasteiger partial charge in [-0.15, -0.1) is 6.58 Å². The van der Waals surface area contributed by atoms with Crippen molar-refractivity contribution < 1.29 is 19.0 Å². The number of ether oxygens (including phenoxy) is 3. The second kappa shape index (κ2) is 14.8. The average Bonchev–Trinajstić information content (AvgIpc) is 3.57. The first kappa shape index (κ1) is 33.4. The number of para-hydroxylation sites is 1. The highest BCUT2D eigenvalue weighted by atomic mass is 16.6. The van der Waals surface area contributed by atoms with Gasteiger partial charge in [-0.3, -0.25) is 0 Å². The van der Waals surface area contributed by atoms with E-state index in [1.54, 1.807) is 12.0 Å². The highest BCUT2D eigenvalue weighted by molar-refractivity contribution is 5.90. The molecule has 0 atom stereocenters. The zero-order valence-electron chi connectivity index (χ0n) is 28.7. The third-order valence-electron chi connectivity index (χ3n) is 8.93. The third-order valence-corrected chi connectivity index (χ3v) is 8.93. The molecule has 48 heavy (non-hydrogen) atoms. The van der Waals surface area contributed by atoms with Crippen molar-refractivity contribution in [1.82, 2.24) is 15.2 Å². The van der Waals surface area contributed by atoms with E-state index in [-0.39, 0.29) is 6.09 Å². The maximum absolute atomic E-state index is 12.8. The maximum Gasteiger partial charge on any atom is 0.410 e. The van der Waals surface area contributed by atoms with Gasteiger partial charge in [0.05, 0.1) is 18.0 Å². The van der Waals surface area contributed by atoms with Gasteiger partial charge in [0.25, 0.3) is 0 Å². The van der Waals surface area contributed by atoms with Crippen LogP contribution in [0, 0.1) is 0 Å². The Balaban J connectivity index is 1.45. The molecule has 1 aliphatic carbocycles. The number of methoxy groups -OCH3 is 1. The van der Waals surface area contributed by atoms with Crippen LogP contribution >= 0.6 is 0 Å². The van der Waals surface area contributed by atoms with E-state index in [2.05, 4.69) is 66.5 Å². The minimum absolute atomic E-state index is 0.259. The lowest BCUT2D eigenvalue weighted by atomic mass is 9.88. The van der Waals surface area contributed by atoms with Gasteiger partial charge >= 0.3 is 6.09 Å². The van der Waals surface area contributed by atoms with E-state index in [0.717, 1.165) is 83.7 Å². The standard InChI is InChI=1S/C41H47N3O4/c1-6-20-42-26-28-11-9-12-30(24-28)39-37(35-13-7-8-16-36(35)47-23-22-46-5)33-14-10-15-34(33)38(43-39)31-17-18-32-27-44(21-19-29(32)25-31)40(45)48-41(2,3)4/h6-9,11-13,16-18,24-25,42H,1,10,14-15,19-23,26-27H2,2-5H3. The predicted octanol–water partition coefficient (Wildman–Crippen LogP) is 8.17. The van der Waals surface area contributed by atoms with Crippen molar-refractivity contribution in [3.63, 3.8) is 0 Å². The van der Waals surface area contributed by atoms with E-state index in [4.69, 9.17) is 19.2 Å². The molecule has 3 aromatic carbocycles. The van der Waals surface area contributed by atoms with Gasteiger partial charge in [-0.2, -0.15) is 0 Å². The molecule has 4 aromatic rings. The number of carbonyl (C=O) groups excluding carboxylic acids is 1. The molecular weight excluding hydrogens is 598 g/mol. The first-order chi connectivity index (χ1) is 23.3. The van der Waals surface area contributed by atoms with Crippen LogP contribution in [0.4, 0.5) is 4.79 Å². The van der Waals surface area contributed by atoms with E-state index in [9.17, 15) is 4.79 Å². The molecule has 2 heterocycles. The van der Waals surface area contributed by atoms with E-state index in [1.165, 1.54) is 22.3 Å². The summed E-state index contributed by atoms with van der Waals surface area (Å²) in [5.74, 6) is 0.839. The van der Waals surface area contributed by atoms with Crippen LogP contribution in [0.3, 0.4) is 0 Å². The van der Waals surface area contributed by atoms with Crippen LogP contribution < -0.4 is 10.1 Å². The number of carbonyl (C=O) groups is 1. The van der Waals surface area contributed by atoms with Gasteiger partial charge in [-0.25, -0.2) is 9.78 Å². The van der Waals surface area contributed by atoms with Crippen LogP contribution in [-0.4, -0.2) is 55.0 Å². The van der Waals surface area contributed by atoms with Gasteiger partial charge < -0.3 is 24.4 Å². The van der Waals surface area contributed by atoms with Gasteiger partial charge in [0.2, 0.25) is 0 Å². The predicted molar refractivity (Wildman–Crippen MR) is 192 cm³/mol. The van der Waals surface area contributed by atoms with Crippen molar-refractivity contribution in [2.75, 3.05) is 33.4 Å². The molecule has 0 radical (unpaired) electrons. The first-order valence-electron chi connectivity index (χ1n) is 17.0. The molecule has 7 heteroatoms. The summed E-state index contributed by atoms with van der Waals surface area (Å²) in [6, 6.07) is 23.6. The van der Waals surface area contributed by atoms with Gasteiger partial charge in [-0.05, 0) is 92.5 Å². The lowest BCUT2D eigenvalue weighted by molar-refractivity contribution is 0.0224. The molecule has 0 bridgehead atoms. The van der Waals surface area contributed by atoms with Gasteiger partial charge in [-0.1, -0.05) is 54.6 Å². The molecule has 7 nitrogen and oxygen atoms in total. The SMILES string of the molecule is C=CCNCc1cccc(-c2nc(-c3ccc4c(c3)CCN(C(=O)OC(C)(C)C)C4)c3c(c2-c2ccccc2OCCOC)CCC3)c1. The van der Waals surface area contributed by atoms with Gasteiger partial charge in [0.15, 0.2) is 0 Å². The summed E-state index contributed by atoms with van der Waals surface area (Å²) < 4.78 is 17.3. The zero-order valence-corrected chi connectivity index (χ0v) is 28.7. The Kier molecular flexibility index (Phi) is 10.3. The Labute approximate surface area is 285 Å². The summed E-state index contributed by atoms with van der Waals surface area (Å²) in [6.07, 6.45) is 5.44. The molecule has 2 aliphatic rings. The number of rotatable bonds is 11. The van der Waals surface area contributed by atoms with Crippen molar-refractivity contribution in [1.29, 1.82) is 0 Å². The van der Waals surface area contributed by atoms with E-state index < -0.39 is 5.60 Å². The van der Waals surface area contributed by atoms with Crippen molar-refractivity contribution in [3.8, 4) is 39.4 Å². The Morgan fingerprint density at radius 1 is 0.938 bits per heavy atom. The van der Waals surface area contributed by atoms with E-state index in [1.807, 2.05) is 39.0 Å². The van der Waals surface area contributed by atoms with Crippen LogP contribution in [0.25, 0.3) is 33.6 Å². The molecule has 0 saturated carbocycles. The van der Waals surface area contributed by atoms with Crippen LogP contribution in [-0.2, 0) is 41.8 Å². The van der Waals surface area contributed by atoms with Crippen LogP contribution in [0.2, 0.25) is 0 Å². The largest absolute Gasteiger partial charge is 0.491 e. The van der Waals surface area contributed by atoms with Crippen molar-refractivity contribution in [2.24, 2.45) is 0 Å². The van der Waals surface area contributed by atoms with Gasteiger partial charge in [0.1, 0.15) is 18.0 Å². The summed E-state index contributed by atoms with van der Waals surface area (Å²) in [5.41, 5.74) is 12.2. The van der Waals surface area contributed by atoms with Crippen LogP contribution in [0.5, 0.6) is 5.75 Å². The zero-order chi connectivity index (χ0) is 33.7. The lowest BCUT2D eigenvalue weighted by Gasteiger charge is -2.31. The average molecular weight is 646 g/mol. The number of pyridine rings is 1. The molecule has 6 rings (SSSR count). The molecule has 0 saturated heterocycles. The van der Waals surface area contributed by atoms with Gasteiger partial charge in [0, 0.05) is 55.5 Å². The summed E-state index contributed by atoms with van der Waals surface area (Å²) in [7, 11) is 1.69. The van der Waals surface area contributed by atoms with Crippen LogP contribution in [0.15, 0.2) is 79.4 Å². The molecule has 1 aliphatic heterocycles. The smallest absolute Gasteiger partial charge is 0.410 e. The summed E-state index contributed by atoms with van der Waals surface area (Å²) in [6.45, 7) is 13.2. The fourth-order valence-electron chi connectivity index (χ4n) is 6.76. The second-order valence-electron chi connectivity index (χ2n) is 13.6. The molecule has 0 unspecified atom stereocenters. The highest BCUT2D eigenvalue weighted by Crippen LogP contribution is 2.46. The topological polar surface area (TPSA) is 72.9 Å². The third kappa shape index (κ3) is 7.48. The highest BCUT2D eigenvalue weighted by Gasteiger charge is 2.29. The number of benzene rings is 3. The molecule has 250 valence electrons. The molecule has 1 aromatic heterocycles. The second-order valence-corrected chi connectivity index (χ2v) is 13.6.